The van der Waals surface area contributed by atoms with Gasteiger partial charge in [0.05, 0.1) is 17.3 Å². The maximum Gasteiger partial charge on any atom is 0.236 e. The van der Waals surface area contributed by atoms with Crippen LogP contribution in [0.3, 0.4) is 0 Å². The number of anilines is 1. The number of piperidine rings is 1. The Morgan fingerprint density at radius 1 is 1.03 bits per heavy atom. The molecule has 0 aromatic heterocycles. The highest BCUT2D eigenvalue weighted by atomic mass is 16.2. The van der Waals surface area contributed by atoms with Crippen LogP contribution in [0.25, 0.3) is 0 Å². The summed E-state index contributed by atoms with van der Waals surface area (Å²) in [6, 6.07) is 26.6. The van der Waals surface area contributed by atoms with Crippen molar-refractivity contribution in [3.8, 4) is 6.07 Å². The molecule has 5 nitrogen and oxygen atoms in total. The molecule has 1 fully saturated rings. The second kappa shape index (κ2) is 11.5. The Labute approximate surface area is 221 Å². The number of nitriles is 1. The van der Waals surface area contributed by atoms with Crippen molar-refractivity contribution in [1.82, 2.24) is 9.80 Å². The Kier molecular flexibility index (Phi) is 8.11. The summed E-state index contributed by atoms with van der Waals surface area (Å²) in [7, 11) is 3.84. The van der Waals surface area contributed by atoms with Gasteiger partial charge in [-0.2, -0.15) is 5.26 Å². The second-order valence-corrected chi connectivity index (χ2v) is 10.3. The van der Waals surface area contributed by atoms with Gasteiger partial charge in [-0.05, 0) is 73.3 Å². The van der Waals surface area contributed by atoms with Crippen LogP contribution in [-0.4, -0.2) is 42.9 Å². The van der Waals surface area contributed by atoms with E-state index in [-0.39, 0.29) is 17.7 Å². The van der Waals surface area contributed by atoms with Crippen LogP contribution in [0.2, 0.25) is 0 Å². The van der Waals surface area contributed by atoms with E-state index in [1.807, 2.05) is 49.3 Å². The molecule has 0 spiro atoms. The SMILES string of the molecule is C=C(N(C)C)N(C(=O)[C@H]1CCN(Cc2ccccc2)C[C@H]1c1ccc(C#N)cc1)c1cc(C)cc(C)c1. The number of hydrogen-bond acceptors (Lipinski definition) is 4. The summed E-state index contributed by atoms with van der Waals surface area (Å²) in [6.45, 7) is 10.8. The molecule has 3 aromatic carbocycles. The number of benzene rings is 3. The van der Waals surface area contributed by atoms with Crippen molar-refractivity contribution < 1.29 is 4.79 Å². The zero-order valence-corrected chi connectivity index (χ0v) is 22.3. The van der Waals surface area contributed by atoms with Gasteiger partial charge in [0.1, 0.15) is 5.82 Å². The van der Waals surface area contributed by atoms with Crippen LogP contribution in [0.15, 0.2) is 85.2 Å². The summed E-state index contributed by atoms with van der Waals surface area (Å²) in [5, 5.41) is 9.31. The molecule has 1 amide bonds. The quantitative estimate of drug-likeness (QED) is 0.415. The van der Waals surface area contributed by atoms with Gasteiger partial charge in [-0.15, -0.1) is 0 Å². The largest absolute Gasteiger partial charge is 0.364 e. The normalized spacial score (nSPS) is 17.6. The number of aryl methyl sites for hydroxylation is 2. The van der Waals surface area contributed by atoms with E-state index in [4.69, 9.17) is 0 Å². The van der Waals surface area contributed by atoms with Crippen molar-refractivity contribution in [2.45, 2.75) is 32.7 Å². The van der Waals surface area contributed by atoms with Crippen molar-refractivity contribution in [2.75, 3.05) is 32.1 Å². The van der Waals surface area contributed by atoms with E-state index in [0.717, 1.165) is 48.4 Å². The van der Waals surface area contributed by atoms with E-state index < -0.39 is 0 Å². The molecule has 0 radical (unpaired) electrons. The molecule has 190 valence electrons. The summed E-state index contributed by atoms with van der Waals surface area (Å²) < 4.78 is 0. The number of likely N-dealkylation sites (tertiary alicyclic amines) is 1. The number of carbonyl (C=O) groups excluding carboxylic acids is 1. The minimum Gasteiger partial charge on any atom is -0.364 e. The lowest BCUT2D eigenvalue weighted by atomic mass is 9.79. The van der Waals surface area contributed by atoms with Crippen LogP contribution in [-0.2, 0) is 11.3 Å². The topological polar surface area (TPSA) is 50.6 Å². The molecule has 0 aliphatic carbocycles. The molecule has 2 atom stereocenters. The predicted molar refractivity (Wildman–Crippen MR) is 150 cm³/mol. The zero-order chi connectivity index (χ0) is 26.5. The van der Waals surface area contributed by atoms with E-state index >= 15 is 0 Å². The maximum absolute atomic E-state index is 14.4. The molecule has 1 saturated heterocycles. The van der Waals surface area contributed by atoms with Gasteiger partial charge >= 0.3 is 0 Å². The lowest BCUT2D eigenvalue weighted by Gasteiger charge is -2.41. The number of carbonyl (C=O) groups is 1. The van der Waals surface area contributed by atoms with Crippen LogP contribution in [0.1, 0.15) is 40.2 Å². The van der Waals surface area contributed by atoms with Crippen molar-refractivity contribution in [3.63, 3.8) is 0 Å². The highest BCUT2D eigenvalue weighted by Crippen LogP contribution is 2.37. The average Bonchev–Trinajstić information content (AvgIpc) is 2.88. The molecule has 1 aliphatic heterocycles. The Bertz CT molecular complexity index is 1270. The molecule has 1 aliphatic rings. The second-order valence-electron chi connectivity index (χ2n) is 10.3. The maximum atomic E-state index is 14.4. The molecule has 0 bridgehead atoms. The first-order valence-corrected chi connectivity index (χ1v) is 12.8. The Hall–Kier alpha value is -3.88. The van der Waals surface area contributed by atoms with E-state index in [1.54, 1.807) is 4.90 Å². The number of hydrogen-bond donors (Lipinski definition) is 0. The first-order chi connectivity index (χ1) is 17.8. The number of amides is 1. The van der Waals surface area contributed by atoms with Crippen LogP contribution in [0.4, 0.5) is 5.69 Å². The minimum atomic E-state index is -0.211. The summed E-state index contributed by atoms with van der Waals surface area (Å²) in [5.41, 5.74) is 6.06. The fourth-order valence-corrected chi connectivity index (χ4v) is 5.29. The molecule has 4 rings (SSSR count). The van der Waals surface area contributed by atoms with Gasteiger partial charge in [0.2, 0.25) is 5.91 Å². The van der Waals surface area contributed by atoms with Crippen molar-refractivity contribution >= 4 is 11.6 Å². The van der Waals surface area contributed by atoms with E-state index in [9.17, 15) is 10.1 Å². The van der Waals surface area contributed by atoms with Crippen LogP contribution in [0.5, 0.6) is 0 Å². The molecular formula is C32H36N4O. The summed E-state index contributed by atoms with van der Waals surface area (Å²) in [6.07, 6.45) is 0.748. The van der Waals surface area contributed by atoms with Gasteiger partial charge in [-0.1, -0.05) is 55.1 Å². The predicted octanol–water partition coefficient (Wildman–Crippen LogP) is 5.85. The third-order valence-electron chi connectivity index (χ3n) is 7.19. The van der Waals surface area contributed by atoms with Crippen molar-refractivity contribution in [1.29, 1.82) is 5.26 Å². The third-order valence-corrected chi connectivity index (χ3v) is 7.19. The molecular weight excluding hydrogens is 456 g/mol. The van der Waals surface area contributed by atoms with Crippen molar-refractivity contribution in [2.24, 2.45) is 5.92 Å². The van der Waals surface area contributed by atoms with Gasteiger partial charge in [0.15, 0.2) is 0 Å². The van der Waals surface area contributed by atoms with Gasteiger partial charge in [0.25, 0.3) is 0 Å². The van der Waals surface area contributed by atoms with E-state index in [1.165, 1.54) is 5.56 Å². The van der Waals surface area contributed by atoms with Gasteiger partial charge in [-0.25, -0.2) is 0 Å². The van der Waals surface area contributed by atoms with Crippen LogP contribution < -0.4 is 4.90 Å². The molecule has 1 heterocycles. The van der Waals surface area contributed by atoms with Gasteiger partial charge in [0, 0.05) is 39.0 Å². The Morgan fingerprint density at radius 2 is 1.68 bits per heavy atom. The highest BCUT2D eigenvalue weighted by Gasteiger charge is 2.38. The molecule has 5 heteroatoms. The summed E-state index contributed by atoms with van der Waals surface area (Å²) in [5.74, 6) is 0.510. The minimum absolute atomic E-state index is 0.000994. The molecule has 3 aromatic rings. The summed E-state index contributed by atoms with van der Waals surface area (Å²) in [4.78, 5) is 20.5. The molecule has 0 N–H and O–H groups in total. The Morgan fingerprint density at radius 3 is 2.27 bits per heavy atom. The van der Waals surface area contributed by atoms with Crippen molar-refractivity contribution in [3.05, 3.63) is 113 Å². The zero-order valence-electron chi connectivity index (χ0n) is 22.3. The first-order valence-electron chi connectivity index (χ1n) is 12.8. The number of nitrogens with zero attached hydrogens (tertiary/aromatic N) is 4. The smallest absolute Gasteiger partial charge is 0.236 e. The van der Waals surface area contributed by atoms with Gasteiger partial charge < -0.3 is 4.90 Å². The Balaban J connectivity index is 1.70. The average molecular weight is 493 g/mol. The fraction of sp³-hybridized carbons (Fsp3) is 0.312. The van der Waals surface area contributed by atoms with E-state index in [0.29, 0.717) is 11.4 Å². The van der Waals surface area contributed by atoms with E-state index in [2.05, 4.69) is 73.9 Å². The number of rotatable bonds is 7. The molecule has 0 unspecified atom stereocenters. The van der Waals surface area contributed by atoms with Crippen LogP contribution in [0, 0.1) is 31.1 Å². The fourth-order valence-electron chi connectivity index (χ4n) is 5.29. The molecule has 0 saturated carbocycles. The third kappa shape index (κ3) is 6.10. The first kappa shape index (κ1) is 26.2. The van der Waals surface area contributed by atoms with Crippen LogP contribution >= 0.6 is 0 Å². The lowest BCUT2D eigenvalue weighted by Crippen LogP contribution is -2.47. The standard InChI is InChI=1S/C32H36N4O/c1-23-17-24(2)19-29(18-23)36(25(3)34(4)5)32(37)30-15-16-35(21-27-9-7-6-8-10-27)22-31(30)28-13-11-26(20-33)12-14-28/h6-14,17-19,30-31H,3,15-16,21-22H2,1-2,4-5H3/t30-,31-/m0/s1. The lowest BCUT2D eigenvalue weighted by molar-refractivity contribution is -0.124. The summed E-state index contributed by atoms with van der Waals surface area (Å²) >= 11 is 0. The monoisotopic (exact) mass is 492 g/mol. The highest BCUT2D eigenvalue weighted by molar-refractivity contribution is 5.98. The molecule has 37 heavy (non-hydrogen) atoms. The van der Waals surface area contributed by atoms with Gasteiger partial charge in [-0.3, -0.25) is 14.6 Å².